The zero-order chi connectivity index (χ0) is 18.8. The molecule has 142 valence electrons. The van der Waals surface area contributed by atoms with Crippen LogP contribution in [0, 0.1) is 0 Å². The number of aromatic nitrogens is 1. The molecule has 6 heteroatoms. The standard InChI is InChI=1S/C21H27N5O/c1-16(2)24-12-10-17(15-24)23-21(27)26-14-13-25(20-9-5-6-11-22-20)18-7-3-4-8-19(18)26/h3-9,11,16-17H,10,12-15H2,1-2H3,(H,23,27). The molecule has 1 N–H and O–H groups in total. The van der Waals surface area contributed by atoms with Gasteiger partial charge in [-0.25, -0.2) is 9.78 Å². The summed E-state index contributed by atoms with van der Waals surface area (Å²) in [6, 6.07) is 14.7. The normalized spacial score (nSPS) is 20.0. The van der Waals surface area contributed by atoms with Crippen molar-refractivity contribution < 1.29 is 4.79 Å². The number of fused-ring (bicyclic) bond motifs is 1. The van der Waals surface area contributed by atoms with E-state index in [1.165, 1.54) is 0 Å². The van der Waals surface area contributed by atoms with Crippen molar-refractivity contribution in [1.29, 1.82) is 0 Å². The number of hydrogen-bond acceptors (Lipinski definition) is 4. The maximum Gasteiger partial charge on any atom is 0.322 e. The largest absolute Gasteiger partial charge is 0.334 e. The van der Waals surface area contributed by atoms with E-state index >= 15 is 0 Å². The highest BCUT2D eigenvalue weighted by Crippen LogP contribution is 2.36. The molecule has 0 spiro atoms. The van der Waals surface area contributed by atoms with Crippen LogP contribution in [0.2, 0.25) is 0 Å². The molecule has 1 saturated heterocycles. The van der Waals surface area contributed by atoms with Crippen LogP contribution in [0.25, 0.3) is 0 Å². The molecule has 0 saturated carbocycles. The lowest BCUT2D eigenvalue weighted by molar-refractivity contribution is 0.238. The number of carbonyl (C=O) groups excluding carboxylic acids is 1. The lowest BCUT2D eigenvalue weighted by Gasteiger charge is -2.37. The molecule has 2 aromatic rings. The molecule has 4 rings (SSSR count). The van der Waals surface area contributed by atoms with Crippen LogP contribution in [0.15, 0.2) is 48.7 Å². The van der Waals surface area contributed by atoms with E-state index in [0.29, 0.717) is 12.6 Å². The Morgan fingerprint density at radius 1 is 1.07 bits per heavy atom. The molecule has 2 aliphatic heterocycles. The first kappa shape index (κ1) is 17.8. The Balaban J connectivity index is 1.51. The van der Waals surface area contributed by atoms with Gasteiger partial charge in [-0.2, -0.15) is 0 Å². The zero-order valence-electron chi connectivity index (χ0n) is 16.0. The summed E-state index contributed by atoms with van der Waals surface area (Å²) in [5, 5.41) is 3.24. The number of para-hydroxylation sites is 2. The molecule has 1 aromatic carbocycles. The topological polar surface area (TPSA) is 51.7 Å². The van der Waals surface area contributed by atoms with Crippen molar-refractivity contribution in [2.75, 3.05) is 36.0 Å². The highest BCUT2D eigenvalue weighted by Gasteiger charge is 2.31. The van der Waals surface area contributed by atoms with E-state index in [4.69, 9.17) is 0 Å². The summed E-state index contributed by atoms with van der Waals surface area (Å²) in [5.74, 6) is 0.911. The molecule has 0 bridgehead atoms. The van der Waals surface area contributed by atoms with E-state index in [-0.39, 0.29) is 12.1 Å². The maximum absolute atomic E-state index is 13.0. The number of carbonyl (C=O) groups is 1. The van der Waals surface area contributed by atoms with Crippen molar-refractivity contribution in [3.05, 3.63) is 48.7 Å². The Hall–Kier alpha value is -2.60. The van der Waals surface area contributed by atoms with Crippen LogP contribution in [-0.4, -0.2) is 54.2 Å². The highest BCUT2D eigenvalue weighted by molar-refractivity contribution is 5.97. The number of nitrogens with zero attached hydrogens (tertiary/aromatic N) is 4. The third-order valence-electron chi connectivity index (χ3n) is 5.46. The predicted molar refractivity (Wildman–Crippen MR) is 109 cm³/mol. The second-order valence-corrected chi connectivity index (χ2v) is 7.50. The quantitative estimate of drug-likeness (QED) is 0.907. The van der Waals surface area contributed by atoms with Crippen molar-refractivity contribution in [3.8, 4) is 0 Å². The first-order valence-electron chi connectivity index (χ1n) is 9.73. The van der Waals surface area contributed by atoms with Gasteiger partial charge in [-0.05, 0) is 44.5 Å². The lowest BCUT2D eigenvalue weighted by Crippen LogP contribution is -2.50. The molecular weight excluding hydrogens is 338 g/mol. The molecule has 3 heterocycles. The van der Waals surface area contributed by atoms with Gasteiger partial charge in [0, 0.05) is 44.5 Å². The Morgan fingerprint density at radius 2 is 1.85 bits per heavy atom. The number of hydrogen-bond donors (Lipinski definition) is 1. The van der Waals surface area contributed by atoms with E-state index in [2.05, 4.69) is 40.0 Å². The molecular formula is C21H27N5O. The molecule has 1 unspecified atom stereocenters. The fraction of sp³-hybridized carbons (Fsp3) is 0.429. The van der Waals surface area contributed by atoms with Crippen LogP contribution in [-0.2, 0) is 0 Å². The first-order valence-corrected chi connectivity index (χ1v) is 9.73. The van der Waals surface area contributed by atoms with Gasteiger partial charge in [0.25, 0.3) is 0 Å². The minimum Gasteiger partial charge on any atom is -0.334 e. The second-order valence-electron chi connectivity index (χ2n) is 7.50. The number of benzene rings is 1. The van der Waals surface area contributed by atoms with Crippen LogP contribution in [0.3, 0.4) is 0 Å². The molecule has 6 nitrogen and oxygen atoms in total. The van der Waals surface area contributed by atoms with Crippen molar-refractivity contribution in [2.45, 2.75) is 32.4 Å². The van der Waals surface area contributed by atoms with E-state index in [0.717, 1.165) is 43.2 Å². The average molecular weight is 365 g/mol. The molecule has 1 atom stereocenters. The van der Waals surface area contributed by atoms with Crippen molar-refractivity contribution in [2.24, 2.45) is 0 Å². The van der Waals surface area contributed by atoms with Crippen LogP contribution < -0.4 is 15.1 Å². The second kappa shape index (κ2) is 7.56. The number of rotatable bonds is 3. The van der Waals surface area contributed by atoms with Gasteiger partial charge in [0.15, 0.2) is 0 Å². The van der Waals surface area contributed by atoms with Gasteiger partial charge in [-0.15, -0.1) is 0 Å². The van der Waals surface area contributed by atoms with E-state index in [1.54, 1.807) is 6.20 Å². The SMILES string of the molecule is CC(C)N1CCC(NC(=O)N2CCN(c3ccccn3)c3ccccc32)C1. The van der Waals surface area contributed by atoms with E-state index in [1.807, 2.05) is 41.3 Å². The van der Waals surface area contributed by atoms with Gasteiger partial charge in [-0.3, -0.25) is 9.80 Å². The minimum atomic E-state index is -0.00118. The first-order chi connectivity index (χ1) is 13.1. The van der Waals surface area contributed by atoms with Gasteiger partial charge in [0.05, 0.1) is 11.4 Å². The maximum atomic E-state index is 13.0. The van der Waals surface area contributed by atoms with Gasteiger partial charge in [0.2, 0.25) is 0 Å². The van der Waals surface area contributed by atoms with Gasteiger partial charge >= 0.3 is 6.03 Å². The number of anilines is 3. The van der Waals surface area contributed by atoms with Gasteiger partial charge in [0.1, 0.15) is 5.82 Å². The Kier molecular flexibility index (Phi) is 4.99. The van der Waals surface area contributed by atoms with Crippen LogP contribution >= 0.6 is 0 Å². The minimum absolute atomic E-state index is 0.00118. The summed E-state index contributed by atoms with van der Waals surface area (Å²) in [6.45, 7) is 7.75. The smallest absolute Gasteiger partial charge is 0.322 e. The molecule has 1 aromatic heterocycles. The number of pyridine rings is 1. The molecule has 1 fully saturated rings. The summed E-state index contributed by atoms with van der Waals surface area (Å²) in [5.41, 5.74) is 1.96. The third kappa shape index (κ3) is 3.62. The fourth-order valence-corrected chi connectivity index (χ4v) is 3.95. The summed E-state index contributed by atoms with van der Waals surface area (Å²) in [6.07, 6.45) is 2.82. The highest BCUT2D eigenvalue weighted by atomic mass is 16.2. The molecule has 0 radical (unpaired) electrons. The van der Waals surface area contributed by atoms with Crippen molar-refractivity contribution >= 4 is 23.2 Å². The Labute approximate surface area is 160 Å². The zero-order valence-corrected chi connectivity index (χ0v) is 16.0. The van der Waals surface area contributed by atoms with Crippen molar-refractivity contribution in [1.82, 2.24) is 15.2 Å². The average Bonchev–Trinajstić information content (AvgIpc) is 3.16. The molecule has 0 aliphatic carbocycles. The number of urea groups is 1. The number of likely N-dealkylation sites (tertiary alicyclic amines) is 1. The molecule has 2 amide bonds. The van der Waals surface area contributed by atoms with Gasteiger partial charge in [-0.1, -0.05) is 18.2 Å². The fourth-order valence-electron chi connectivity index (χ4n) is 3.95. The molecule has 27 heavy (non-hydrogen) atoms. The van der Waals surface area contributed by atoms with Gasteiger partial charge < -0.3 is 10.2 Å². The van der Waals surface area contributed by atoms with E-state index < -0.39 is 0 Å². The molecule has 2 aliphatic rings. The van der Waals surface area contributed by atoms with Crippen LogP contribution in [0.1, 0.15) is 20.3 Å². The summed E-state index contributed by atoms with van der Waals surface area (Å²) in [7, 11) is 0. The van der Waals surface area contributed by atoms with Crippen molar-refractivity contribution in [3.63, 3.8) is 0 Å². The van der Waals surface area contributed by atoms with Crippen LogP contribution in [0.5, 0.6) is 0 Å². The predicted octanol–water partition coefficient (Wildman–Crippen LogP) is 3.23. The van der Waals surface area contributed by atoms with E-state index in [9.17, 15) is 4.79 Å². The lowest BCUT2D eigenvalue weighted by atomic mass is 10.1. The number of amides is 2. The Bertz CT molecular complexity index is 794. The monoisotopic (exact) mass is 365 g/mol. The summed E-state index contributed by atoms with van der Waals surface area (Å²) < 4.78 is 0. The summed E-state index contributed by atoms with van der Waals surface area (Å²) in [4.78, 5) is 23.9. The number of nitrogens with one attached hydrogen (secondary N) is 1. The van der Waals surface area contributed by atoms with Crippen LogP contribution in [0.4, 0.5) is 22.0 Å². The third-order valence-corrected chi connectivity index (χ3v) is 5.46. The summed E-state index contributed by atoms with van der Waals surface area (Å²) >= 11 is 0. The Morgan fingerprint density at radius 3 is 2.56 bits per heavy atom.